The van der Waals surface area contributed by atoms with E-state index in [1.54, 1.807) is 11.8 Å². The number of amides is 1. The van der Waals surface area contributed by atoms with Gasteiger partial charge in [0.2, 0.25) is 5.91 Å². The molecule has 1 saturated carbocycles. The number of likely N-dealkylation sites (tertiary alicyclic amines) is 1. The topological polar surface area (TPSA) is 57.6 Å². The van der Waals surface area contributed by atoms with Crippen LogP contribution in [0, 0.1) is 17.8 Å². The highest BCUT2D eigenvalue weighted by molar-refractivity contribution is 5.74. The third kappa shape index (κ3) is 1.38. The summed E-state index contributed by atoms with van der Waals surface area (Å²) in [6, 6.07) is 0. The maximum Gasteiger partial charge on any atom is 0.306 e. The van der Waals surface area contributed by atoms with Crippen LogP contribution in [0.15, 0.2) is 0 Å². The number of rotatable bonds is 1. The molecule has 0 bridgehead atoms. The Morgan fingerprint density at radius 3 is 2.57 bits per heavy atom. The number of hydrogen-bond donors (Lipinski definition) is 1. The van der Waals surface area contributed by atoms with Crippen molar-refractivity contribution in [1.82, 2.24) is 4.90 Å². The van der Waals surface area contributed by atoms with Crippen molar-refractivity contribution in [3.05, 3.63) is 0 Å². The quantitative estimate of drug-likeness (QED) is 0.668. The summed E-state index contributed by atoms with van der Waals surface area (Å²) in [6.07, 6.45) is 1.75. The van der Waals surface area contributed by atoms with Crippen LogP contribution in [0.4, 0.5) is 0 Å². The Morgan fingerprint density at radius 1 is 1.29 bits per heavy atom. The summed E-state index contributed by atoms with van der Waals surface area (Å²) in [5, 5.41) is 8.98. The molecule has 0 radical (unpaired) electrons. The molecular formula is C10H15NO3. The van der Waals surface area contributed by atoms with Crippen molar-refractivity contribution in [3.8, 4) is 0 Å². The highest BCUT2D eigenvalue weighted by Crippen LogP contribution is 2.42. The summed E-state index contributed by atoms with van der Waals surface area (Å²) in [5.74, 6) is -0.202. The van der Waals surface area contributed by atoms with Gasteiger partial charge in [0.1, 0.15) is 0 Å². The maximum absolute atomic E-state index is 11.1. The first-order valence-electron chi connectivity index (χ1n) is 5.08. The van der Waals surface area contributed by atoms with Crippen molar-refractivity contribution in [2.24, 2.45) is 17.8 Å². The number of carboxylic acid groups (broad SMARTS) is 1. The molecule has 3 unspecified atom stereocenters. The number of aliphatic carboxylic acids is 1. The van der Waals surface area contributed by atoms with Crippen molar-refractivity contribution in [2.75, 3.05) is 13.1 Å². The van der Waals surface area contributed by atoms with Gasteiger partial charge in [-0.15, -0.1) is 0 Å². The Hall–Kier alpha value is -1.06. The molecule has 1 aliphatic heterocycles. The van der Waals surface area contributed by atoms with Crippen molar-refractivity contribution in [1.29, 1.82) is 0 Å². The molecule has 0 spiro atoms. The van der Waals surface area contributed by atoms with Crippen molar-refractivity contribution >= 4 is 11.9 Å². The monoisotopic (exact) mass is 197 g/mol. The number of carbonyl (C=O) groups excluding carboxylic acids is 1. The van der Waals surface area contributed by atoms with E-state index >= 15 is 0 Å². The molecule has 2 fully saturated rings. The number of fused-ring (bicyclic) bond motifs is 1. The van der Waals surface area contributed by atoms with Gasteiger partial charge in [-0.3, -0.25) is 9.59 Å². The van der Waals surface area contributed by atoms with Gasteiger partial charge in [-0.2, -0.15) is 0 Å². The molecule has 1 N–H and O–H groups in total. The molecular weight excluding hydrogens is 182 g/mol. The van der Waals surface area contributed by atoms with E-state index in [0.29, 0.717) is 12.5 Å². The minimum atomic E-state index is -0.692. The predicted octanol–water partition coefficient (Wildman–Crippen LogP) is 0.575. The van der Waals surface area contributed by atoms with Crippen LogP contribution in [0.3, 0.4) is 0 Å². The molecule has 0 aromatic heterocycles. The molecule has 4 heteroatoms. The Balaban J connectivity index is 2.06. The van der Waals surface area contributed by atoms with Crippen LogP contribution in [-0.2, 0) is 9.59 Å². The van der Waals surface area contributed by atoms with Crippen LogP contribution in [0.25, 0.3) is 0 Å². The van der Waals surface area contributed by atoms with E-state index in [1.165, 1.54) is 0 Å². The fraction of sp³-hybridized carbons (Fsp3) is 0.800. The summed E-state index contributed by atoms with van der Waals surface area (Å²) in [7, 11) is 0. The highest BCUT2D eigenvalue weighted by Gasteiger charge is 2.46. The number of nitrogens with zero attached hydrogens (tertiary/aromatic N) is 1. The fourth-order valence-corrected chi connectivity index (χ4v) is 2.83. The zero-order valence-corrected chi connectivity index (χ0v) is 8.27. The molecule has 4 nitrogen and oxygen atoms in total. The lowest BCUT2D eigenvalue weighted by Crippen LogP contribution is -2.29. The fourth-order valence-electron chi connectivity index (χ4n) is 2.83. The molecule has 1 saturated heterocycles. The Bertz CT molecular complexity index is 277. The lowest BCUT2D eigenvalue weighted by molar-refractivity contribution is -0.143. The first-order chi connectivity index (χ1) is 6.59. The average molecular weight is 197 g/mol. The summed E-state index contributed by atoms with van der Waals surface area (Å²) in [6.45, 7) is 2.97. The Morgan fingerprint density at radius 2 is 2.00 bits per heavy atom. The molecule has 0 aromatic carbocycles. The Labute approximate surface area is 82.9 Å². The Kier molecular flexibility index (Phi) is 2.21. The summed E-state index contributed by atoms with van der Waals surface area (Å²) in [5.41, 5.74) is 0. The average Bonchev–Trinajstić information content (AvgIpc) is 2.58. The first kappa shape index (κ1) is 9.49. The summed E-state index contributed by atoms with van der Waals surface area (Å²) >= 11 is 0. The van der Waals surface area contributed by atoms with Crippen LogP contribution < -0.4 is 0 Å². The van der Waals surface area contributed by atoms with E-state index in [9.17, 15) is 9.59 Å². The highest BCUT2D eigenvalue weighted by atomic mass is 16.4. The van der Waals surface area contributed by atoms with Crippen molar-refractivity contribution in [3.63, 3.8) is 0 Å². The lowest BCUT2D eigenvalue weighted by Gasteiger charge is -2.16. The standard InChI is InChI=1S/C10H15NO3/c1-6(12)11-4-7-2-3-8(10(13)14)9(7)5-11/h7-9H,2-5H2,1H3,(H,13,14). The molecule has 1 heterocycles. The normalized spacial score (nSPS) is 35.8. The number of carboxylic acids is 1. The van der Waals surface area contributed by atoms with Gasteiger partial charge in [-0.25, -0.2) is 0 Å². The van der Waals surface area contributed by atoms with Gasteiger partial charge in [-0.1, -0.05) is 0 Å². The van der Waals surface area contributed by atoms with E-state index in [4.69, 9.17) is 5.11 Å². The molecule has 3 atom stereocenters. The maximum atomic E-state index is 11.1. The predicted molar refractivity (Wildman–Crippen MR) is 49.6 cm³/mol. The second kappa shape index (κ2) is 3.26. The van der Waals surface area contributed by atoms with Gasteiger partial charge in [0, 0.05) is 20.0 Å². The molecule has 1 aliphatic carbocycles. The molecule has 2 rings (SSSR count). The minimum absolute atomic E-state index is 0.0727. The molecule has 78 valence electrons. The van der Waals surface area contributed by atoms with Crippen LogP contribution in [0.2, 0.25) is 0 Å². The third-order valence-electron chi connectivity index (χ3n) is 3.62. The van der Waals surface area contributed by atoms with Gasteiger partial charge in [0.15, 0.2) is 0 Å². The smallest absolute Gasteiger partial charge is 0.306 e. The molecule has 2 aliphatic rings. The third-order valence-corrected chi connectivity index (χ3v) is 3.62. The van der Waals surface area contributed by atoms with Gasteiger partial charge in [0.25, 0.3) is 0 Å². The van der Waals surface area contributed by atoms with E-state index in [1.807, 2.05) is 0 Å². The second-order valence-corrected chi connectivity index (χ2v) is 4.37. The van der Waals surface area contributed by atoms with Crippen LogP contribution in [0.1, 0.15) is 19.8 Å². The van der Waals surface area contributed by atoms with Gasteiger partial charge in [0.05, 0.1) is 5.92 Å². The van der Waals surface area contributed by atoms with E-state index in [-0.39, 0.29) is 17.7 Å². The van der Waals surface area contributed by atoms with Gasteiger partial charge >= 0.3 is 5.97 Å². The van der Waals surface area contributed by atoms with Crippen LogP contribution >= 0.6 is 0 Å². The molecule has 14 heavy (non-hydrogen) atoms. The zero-order chi connectivity index (χ0) is 10.3. The van der Waals surface area contributed by atoms with E-state index in [2.05, 4.69) is 0 Å². The van der Waals surface area contributed by atoms with Crippen LogP contribution in [0.5, 0.6) is 0 Å². The lowest BCUT2D eigenvalue weighted by atomic mass is 9.93. The van der Waals surface area contributed by atoms with E-state index in [0.717, 1.165) is 19.4 Å². The largest absolute Gasteiger partial charge is 0.481 e. The summed E-state index contributed by atoms with van der Waals surface area (Å²) in [4.78, 5) is 23.8. The number of hydrogen-bond acceptors (Lipinski definition) is 2. The molecule has 0 aromatic rings. The minimum Gasteiger partial charge on any atom is -0.481 e. The van der Waals surface area contributed by atoms with Crippen molar-refractivity contribution < 1.29 is 14.7 Å². The molecule has 1 amide bonds. The van der Waals surface area contributed by atoms with Crippen LogP contribution in [-0.4, -0.2) is 35.0 Å². The van der Waals surface area contributed by atoms with Gasteiger partial charge < -0.3 is 10.0 Å². The second-order valence-electron chi connectivity index (χ2n) is 4.37. The SMILES string of the molecule is CC(=O)N1CC2CCC(C(=O)O)C2C1. The van der Waals surface area contributed by atoms with Gasteiger partial charge in [-0.05, 0) is 24.7 Å². The number of carbonyl (C=O) groups is 2. The van der Waals surface area contributed by atoms with E-state index < -0.39 is 5.97 Å². The van der Waals surface area contributed by atoms with Crippen molar-refractivity contribution in [2.45, 2.75) is 19.8 Å². The zero-order valence-electron chi connectivity index (χ0n) is 8.27. The summed E-state index contributed by atoms with van der Waals surface area (Å²) < 4.78 is 0. The first-order valence-corrected chi connectivity index (χ1v) is 5.08.